The second-order valence-corrected chi connectivity index (χ2v) is 4.07. The van der Waals surface area contributed by atoms with Crippen molar-refractivity contribution in [1.29, 1.82) is 0 Å². The monoisotopic (exact) mass is 252 g/mol. The van der Waals surface area contributed by atoms with Crippen LogP contribution < -0.4 is 4.74 Å². The highest BCUT2D eigenvalue weighted by Gasteiger charge is 2.07. The summed E-state index contributed by atoms with van der Waals surface area (Å²) in [6.45, 7) is 3.97. The number of ether oxygens (including phenoxy) is 1. The molecule has 1 heterocycles. The van der Waals surface area contributed by atoms with Crippen molar-refractivity contribution in [3.8, 4) is 11.4 Å². The van der Waals surface area contributed by atoms with E-state index in [-0.39, 0.29) is 12.0 Å². The molecule has 90 valence electrons. The van der Waals surface area contributed by atoms with Crippen LogP contribution in [-0.4, -0.2) is 26.3 Å². The summed E-state index contributed by atoms with van der Waals surface area (Å²) in [6.07, 6.45) is 0.160. The van der Waals surface area contributed by atoms with Crippen molar-refractivity contribution in [2.75, 3.05) is 0 Å². The minimum atomic E-state index is 0.160. The van der Waals surface area contributed by atoms with Crippen LogP contribution in [0.1, 0.15) is 19.7 Å². The van der Waals surface area contributed by atoms with E-state index < -0.39 is 0 Å². The lowest BCUT2D eigenvalue weighted by atomic mass is 10.3. The number of hydrogen-bond acceptors (Lipinski definition) is 4. The van der Waals surface area contributed by atoms with Crippen molar-refractivity contribution in [2.24, 2.45) is 0 Å². The van der Waals surface area contributed by atoms with Crippen LogP contribution in [0.4, 0.5) is 0 Å². The van der Waals surface area contributed by atoms with E-state index >= 15 is 0 Å². The van der Waals surface area contributed by atoms with Gasteiger partial charge in [-0.25, -0.2) is 0 Å². The fraction of sp³-hybridized carbons (Fsp3) is 0.364. The SMILES string of the molecule is CC(C)Oc1ccc(-n2nnnc2CCl)cc1. The van der Waals surface area contributed by atoms with Gasteiger partial charge >= 0.3 is 0 Å². The van der Waals surface area contributed by atoms with Crippen molar-refractivity contribution in [3.63, 3.8) is 0 Å². The first-order valence-corrected chi connectivity index (χ1v) is 5.84. The van der Waals surface area contributed by atoms with Gasteiger partial charge in [0.25, 0.3) is 0 Å². The summed E-state index contributed by atoms with van der Waals surface area (Å²) < 4.78 is 7.16. The summed E-state index contributed by atoms with van der Waals surface area (Å²) in [4.78, 5) is 0. The van der Waals surface area contributed by atoms with Crippen molar-refractivity contribution < 1.29 is 4.74 Å². The summed E-state index contributed by atoms with van der Waals surface area (Å²) in [7, 11) is 0. The third-order valence-electron chi connectivity index (χ3n) is 2.11. The van der Waals surface area contributed by atoms with E-state index in [1.54, 1.807) is 4.68 Å². The van der Waals surface area contributed by atoms with Crippen molar-refractivity contribution in [2.45, 2.75) is 25.8 Å². The van der Waals surface area contributed by atoms with Gasteiger partial charge in [0.15, 0.2) is 5.82 Å². The number of hydrogen-bond donors (Lipinski definition) is 0. The Kier molecular flexibility index (Phi) is 3.58. The average Bonchev–Trinajstić information content (AvgIpc) is 2.77. The van der Waals surface area contributed by atoms with Gasteiger partial charge in [0.2, 0.25) is 0 Å². The Balaban J connectivity index is 2.23. The van der Waals surface area contributed by atoms with Crippen LogP contribution in [-0.2, 0) is 5.88 Å². The van der Waals surface area contributed by atoms with Crippen molar-refractivity contribution >= 4 is 11.6 Å². The first-order valence-electron chi connectivity index (χ1n) is 5.31. The Morgan fingerprint density at radius 1 is 1.29 bits per heavy atom. The molecule has 0 bridgehead atoms. The van der Waals surface area contributed by atoms with Crippen LogP contribution in [0.3, 0.4) is 0 Å². The topological polar surface area (TPSA) is 52.8 Å². The van der Waals surface area contributed by atoms with Crippen molar-refractivity contribution in [1.82, 2.24) is 20.2 Å². The van der Waals surface area contributed by atoms with Gasteiger partial charge in [-0.2, -0.15) is 4.68 Å². The summed E-state index contributed by atoms with van der Waals surface area (Å²) in [5, 5.41) is 11.3. The average molecular weight is 253 g/mol. The van der Waals surface area contributed by atoms with Gasteiger partial charge in [0, 0.05) is 0 Å². The highest BCUT2D eigenvalue weighted by atomic mass is 35.5. The second kappa shape index (κ2) is 5.14. The molecule has 0 aliphatic heterocycles. The molecule has 0 atom stereocenters. The molecule has 0 saturated carbocycles. The molecule has 0 N–H and O–H groups in total. The first kappa shape index (κ1) is 11.9. The number of benzene rings is 1. The number of nitrogens with zero attached hydrogens (tertiary/aromatic N) is 4. The maximum Gasteiger partial charge on any atom is 0.171 e. The molecule has 0 fully saturated rings. The zero-order chi connectivity index (χ0) is 12.3. The number of rotatable bonds is 4. The van der Waals surface area contributed by atoms with Crippen LogP contribution in [0, 0.1) is 0 Å². The van der Waals surface area contributed by atoms with Crippen LogP contribution in [0.2, 0.25) is 0 Å². The molecule has 6 heteroatoms. The van der Waals surface area contributed by atoms with Crippen LogP contribution in [0.5, 0.6) is 5.75 Å². The molecule has 0 spiro atoms. The van der Waals surface area contributed by atoms with E-state index in [0.717, 1.165) is 11.4 Å². The molecule has 0 amide bonds. The van der Waals surface area contributed by atoms with E-state index in [1.165, 1.54) is 0 Å². The molecule has 2 aromatic rings. The lowest BCUT2D eigenvalue weighted by Crippen LogP contribution is -2.06. The molecule has 0 unspecified atom stereocenters. The standard InChI is InChI=1S/C11H13ClN4O/c1-8(2)17-10-5-3-9(4-6-10)16-11(7-12)13-14-15-16/h3-6,8H,7H2,1-2H3. The number of halogens is 1. The summed E-state index contributed by atoms with van der Waals surface area (Å²) in [5.74, 6) is 1.71. The summed E-state index contributed by atoms with van der Waals surface area (Å²) in [6, 6.07) is 7.55. The normalized spacial score (nSPS) is 10.8. The molecular formula is C11H13ClN4O. The fourth-order valence-electron chi connectivity index (χ4n) is 1.43. The van der Waals surface area contributed by atoms with Gasteiger partial charge in [-0.1, -0.05) is 0 Å². The molecule has 0 radical (unpaired) electrons. The molecule has 0 aliphatic rings. The van der Waals surface area contributed by atoms with Gasteiger partial charge in [-0.05, 0) is 48.5 Å². The third-order valence-corrected chi connectivity index (χ3v) is 2.35. The Bertz CT molecular complexity index is 480. The highest BCUT2D eigenvalue weighted by molar-refractivity contribution is 6.16. The van der Waals surface area contributed by atoms with Crippen molar-refractivity contribution in [3.05, 3.63) is 30.1 Å². The lowest BCUT2D eigenvalue weighted by molar-refractivity contribution is 0.242. The Labute approximate surface area is 104 Å². The fourth-order valence-corrected chi connectivity index (χ4v) is 1.59. The van der Waals surface area contributed by atoms with E-state index in [1.807, 2.05) is 38.1 Å². The molecule has 0 aliphatic carbocycles. The number of aromatic nitrogens is 4. The van der Waals surface area contributed by atoms with Crippen LogP contribution >= 0.6 is 11.6 Å². The van der Waals surface area contributed by atoms with Gasteiger partial charge in [-0.15, -0.1) is 16.7 Å². The summed E-state index contributed by atoms with van der Waals surface area (Å²) in [5.41, 5.74) is 0.863. The maximum atomic E-state index is 5.74. The predicted molar refractivity (Wildman–Crippen MR) is 64.5 cm³/mol. The van der Waals surface area contributed by atoms with Crippen LogP contribution in [0.15, 0.2) is 24.3 Å². The molecule has 17 heavy (non-hydrogen) atoms. The largest absolute Gasteiger partial charge is 0.491 e. The second-order valence-electron chi connectivity index (χ2n) is 3.80. The van der Waals surface area contributed by atoms with E-state index in [0.29, 0.717) is 5.82 Å². The van der Waals surface area contributed by atoms with E-state index in [2.05, 4.69) is 15.5 Å². The smallest absolute Gasteiger partial charge is 0.171 e. The molecule has 1 aromatic carbocycles. The molecular weight excluding hydrogens is 240 g/mol. The van der Waals surface area contributed by atoms with Crippen LogP contribution in [0.25, 0.3) is 5.69 Å². The van der Waals surface area contributed by atoms with Gasteiger partial charge in [0.1, 0.15) is 5.75 Å². The Hall–Kier alpha value is -1.62. The maximum absolute atomic E-state index is 5.74. The van der Waals surface area contributed by atoms with Gasteiger partial charge in [0.05, 0.1) is 17.7 Å². The molecule has 5 nitrogen and oxygen atoms in total. The third kappa shape index (κ3) is 2.74. The molecule has 1 aromatic heterocycles. The van der Waals surface area contributed by atoms with Gasteiger partial charge in [-0.3, -0.25) is 0 Å². The minimum absolute atomic E-state index is 0.160. The van der Waals surface area contributed by atoms with Gasteiger partial charge < -0.3 is 4.74 Å². The van der Waals surface area contributed by atoms with E-state index in [9.17, 15) is 0 Å². The number of alkyl halides is 1. The minimum Gasteiger partial charge on any atom is -0.491 e. The highest BCUT2D eigenvalue weighted by Crippen LogP contribution is 2.16. The predicted octanol–water partition coefficient (Wildman–Crippen LogP) is 2.19. The lowest BCUT2D eigenvalue weighted by Gasteiger charge is -2.10. The zero-order valence-corrected chi connectivity index (χ0v) is 10.4. The number of tetrazole rings is 1. The molecule has 2 rings (SSSR count). The van der Waals surface area contributed by atoms with E-state index in [4.69, 9.17) is 16.3 Å². The zero-order valence-electron chi connectivity index (χ0n) is 9.67. The Morgan fingerprint density at radius 2 is 2.00 bits per heavy atom. The summed E-state index contributed by atoms with van der Waals surface area (Å²) >= 11 is 5.74. The Morgan fingerprint density at radius 3 is 2.59 bits per heavy atom. The quantitative estimate of drug-likeness (QED) is 0.783. The first-order chi connectivity index (χ1) is 8.20. The molecule has 0 saturated heterocycles.